The van der Waals surface area contributed by atoms with E-state index in [1.165, 1.54) is 21.3 Å². The fourth-order valence-electron chi connectivity index (χ4n) is 3.57. The number of sulfonamides is 1. The summed E-state index contributed by atoms with van der Waals surface area (Å²) in [5.74, 6) is -0.310. The molecular formula is C21H33N3O6S. The second-order valence-corrected chi connectivity index (χ2v) is 9.09. The Morgan fingerprint density at radius 1 is 1.16 bits per heavy atom. The Balaban J connectivity index is 2.25. The van der Waals surface area contributed by atoms with Crippen molar-refractivity contribution in [2.24, 2.45) is 5.92 Å². The van der Waals surface area contributed by atoms with E-state index in [0.29, 0.717) is 50.5 Å². The molecule has 1 aliphatic heterocycles. The first kappa shape index (κ1) is 24.9. The zero-order valence-electron chi connectivity index (χ0n) is 18.7. The lowest BCUT2D eigenvalue weighted by Crippen LogP contribution is -2.44. The lowest BCUT2D eigenvalue weighted by molar-refractivity contribution is -0.121. The number of carbonyl (C=O) groups is 2. The van der Waals surface area contributed by atoms with Crippen LogP contribution in [0.25, 0.3) is 0 Å². The largest absolute Gasteiger partial charge is 0.492 e. The van der Waals surface area contributed by atoms with E-state index < -0.39 is 22.0 Å². The molecule has 0 aliphatic carbocycles. The van der Waals surface area contributed by atoms with E-state index in [9.17, 15) is 18.0 Å². The average molecular weight is 456 g/mol. The fourth-order valence-corrected chi connectivity index (χ4v) is 5.05. The molecule has 1 aliphatic rings. The standard InChI is InChI=1S/C21H33N3O6S/c1-5-24(6-2)31(27,28)17-11-12-19(29-7-3)18(14-17)22-20(25)16-10-9-13-23(15-16)21(26)30-8-4/h11-12,14,16H,5-10,13,15H2,1-4H3,(H,22,25)/t16-/m1/s1. The number of amides is 2. The summed E-state index contributed by atoms with van der Waals surface area (Å²) < 4.78 is 37.8. The van der Waals surface area contributed by atoms with Crippen molar-refractivity contribution in [2.45, 2.75) is 45.4 Å². The van der Waals surface area contributed by atoms with Gasteiger partial charge in [0.1, 0.15) is 5.75 Å². The van der Waals surface area contributed by atoms with Crippen LogP contribution in [0.15, 0.2) is 23.1 Å². The highest BCUT2D eigenvalue weighted by molar-refractivity contribution is 7.89. The van der Waals surface area contributed by atoms with Crippen LogP contribution in [-0.2, 0) is 19.6 Å². The molecule has 2 rings (SSSR count). The van der Waals surface area contributed by atoms with Crippen LogP contribution in [0, 0.1) is 5.92 Å². The third-order valence-corrected chi connectivity index (χ3v) is 7.22. The summed E-state index contributed by atoms with van der Waals surface area (Å²) in [6.07, 6.45) is 0.886. The number of piperidine rings is 1. The first-order chi connectivity index (χ1) is 14.8. The Morgan fingerprint density at radius 2 is 1.87 bits per heavy atom. The van der Waals surface area contributed by atoms with Gasteiger partial charge in [-0.05, 0) is 44.9 Å². The van der Waals surface area contributed by atoms with Gasteiger partial charge in [0, 0.05) is 26.2 Å². The van der Waals surface area contributed by atoms with Gasteiger partial charge in [0.05, 0.1) is 29.7 Å². The summed E-state index contributed by atoms with van der Waals surface area (Å²) in [5.41, 5.74) is 0.299. The molecule has 2 amide bonds. The second-order valence-electron chi connectivity index (χ2n) is 7.15. The number of ether oxygens (including phenoxy) is 2. The number of carbonyl (C=O) groups excluding carboxylic acids is 2. The number of benzene rings is 1. The van der Waals surface area contributed by atoms with Crippen LogP contribution in [0.5, 0.6) is 5.75 Å². The molecule has 9 nitrogen and oxygen atoms in total. The number of hydrogen-bond donors (Lipinski definition) is 1. The third-order valence-electron chi connectivity index (χ3n) is 5.17. The summed E-state index contributed by atoms with van der Waals surface area (Å²) >= 11 is 0. The average Bonchev–Trinajstić information content (AvgIpc) is 2.76. The molecule has 31 heavy (non-hydrogen) atoms. The van der Waals surface area contributed by atoms with E-state index in [2.05, 4.69) is 5.32 Å². The van der Waals surface area contributed by atoms with Crippen LogP contribution in [0.4, 0.5) is 10.5 Å². The Bertz CT molecular complexity index is 870. The lowest BCUT2D eigenvalue weighted by atomic mass is 9.97. The lowest BCUT2D eigenvalue weighted by Gasteiger charge is -2.31. The van der Waals surface area contributed by atoms with Gasteiger partial charge in [-0.3, -0.25) is 4.79 Å². The molecule has 0 spiro atoms. The van der Waals surface area contributed by atoms with Crippen molar-refractivity contribution in [3.8, 4) is 5.75 Å². The van der Waals surface area contributed by atoms with E-state index >= 15 is 0 Å². The van der Waals surface area contributed by atoms with Crippen molar-refractivity contribution in [1.29, 1.82) is 0 Å². The fraction of sp³-hybridized carbons (Fsp3) is 0.619. The van der Waals surface area contributed by atoms with Crippen LogP contribution >= 0.6 is 0 Å². The van der Waals surface area contributed by atoms with E-state index in [1.807, 2.05) is 6.92 Å². The highest BCUT2D eigenvalue weighted by Crippen LogP contribution is 2.30. The van der Waals surface area contributed by atoms with Gasteiger partial charge in [0.2, 0.25) is 15.9 Å². The number of rotatable bonds is 9. The van der Waals surface area contributed by atoms with Crippen molar-refractivity contribution in [1.82, 2.24) is 9.21 Å². The predicted molar refractivity (Wildman–Crippen MR) is 118 cm³/mol. The minimum absolute atomic E-state index is 0.0896. The number of nitrogens with one attached hydrogen (secondary N) is 1. The van der Waals surface area contributed by atoms with Crippen molar-refractivity contribution >= 4 is 27.7 Å². The van der Waals surface area contributed by atoms with Crippen LogP contribution in [0.1, 0.15) is 40.5 Å². The molecule has 1 aromatic rings. The van der Waals surface area contributed by atoms with Crippen molar-refractivity contribution < 1.29 is 27.5 Å². The molecule has 0 bridgehead atoms. The van der Waals surface area contributed by atoms with E-state index in [0.717, 1.165) is 0 Å². The molecule has 1 heterocycles. The zero-order chi connectivity index (χ0) is 23.0. The third kappa shape index (κ3) is 6.10. The van der Waals surface area contributed by atoms with Gasteiger partial charge >= 0.3 is 6.09 Å². The number of hydrogen-bond acceptors (Lipinski definition) is 6. The van der Waals surface area contributed by atoms with E-state index in [-0.39, 0.29) is 24.0 Å². The first-order valence-electron chi connectivity index (χ1n) is 10.8. The second kappa shape index (κ2) is 11.3. The van der Waals surface area contributed by atoms with Gasteiger partial charge in [0.15, 0.2) is 0 Å². The smallest absolute Gasteiger partial charge is 0.409 e. The SMILES string of the molecule is CCOC(=O)N1CCC[C@@H](C(=O)Nc2cc(S(=O)(=O)N(CC)CC)ccc2OCC)C1. The topological polar surface area (TPSA) is 105 Å². The molecule has 174 valence electrons. The van der Waals surface area contributed by atoms with Crippen molar-refractivity contribution in [3.63, 3.8) is 0 Å². The molecule has 1 aromatic carbocycles. The molecule has 10 heteroatoms. The molecular weight excluding hydrogens is 422 g/mol. The summed E-state index contributed by atoms with van der Waals surface area (Å²) in [6.45, 7) is 9.23. The maximum Gasteiger partial charge on any atom is 0.409 e. The quantitative estimate of drug-likeness (QED) is 0.614. The maximum atomic E-state index is 13.0. The molecule has 0 radical (unpaired) electrons. The van der Waals surface area contributed by atoms with Gasteiger partial charge in [-0.1, -0.05) is 13.8 Å². The Morgan fingerprint density at radius 3 is 2.48 bits per heavy atom. The minimum atomic E-state index is -3.69. The van der Waals surface area contributed by atoms with Crippen molar-refractivity contribution in [3.05, 3.63) is 18.2 Å². The summed E-state index contributed by atoms with van der Waals surface area (Å²) in [4.78, 5) is 26.6. The maximum absolute atomic E-state index is 13.0. The van der Waals surface area contributed by atoms with Gasteiger partial charge in [0.25, 0.3) is 0 Å². The molecule has 1 fully saturated rings. The number of anilines is 1. The Hall–Kier alpha value is -2.33. The Kier molecular flexibility index (Phi) is 9.12. The van der Waals surface area contributed by atoms with Gasteiger partial charge in [-0.25, -0.2) is 13.2 Å². The summed E-state index contributed by atoms with van der Waals surface area (Å²) in [7, 11) is -3.69. The predicted octanol–water partition coefficient (Wildman–Crippen LogP) is 2.92. The summed E-state index contributed by atoms with van der Waals surface area (Å²) in [6, 6.07) is 4.47. The molecule has 0 unspecified atom stereocenters. The minimum Gasteiger partial charge on any atom is -0.492 e. The highest BCUT2D eigenvalue weighted by atomic mass is 32.2. The molecule has 1 N–H and O–H groups in total. The van der Waals surface area contributed by atoms with Gasteiger partial charge in [-0.2, -0.15) is 4.31 Å². The van der Waals surface area contributed by atoms with Gasteiger partial charge in [-0.15, -0.1) is 0 Å². The van der Waals surface area contributed by atoms with Crippen LogP contribution in [0.3, 0.4) is 0 Å². The highest BCUT2D eigenvalue weighted by Gasteiger charge is 2.30. The molecule has 1 saturated heterocycles. The van der Waals surface area contributed by atoms with Gasteiger partial charge < -0.3 is 19.7 Å². The van der Waals surface area contributed by atoms with Crippen LogP contribution < -0.4 is 10.1 Å². The first-order valence-corrected chi connectivity index (χ1v) is 12.2. The van der Waals surface area contributed by atoms with Crippen LogP contribution in [0.2, 0.25) is 0 Å². The molecule has 0 saturated carbocycles. The molecule has 1 atom stereocenters. The van der Waals surface area contributed by atoms with E-state index in [1.54, 1.807) is 26.8 Å². The van der Waals surface area contributed by atoms with Crippen LogP contribution in [-0.4, -0.2) is 69.0 Å². The van der Waals surface area contributed by atoms with Crippen molar-refractivity contribution in [2.75, 3.05) is 44.7 Å². The molecule has 0 aromatic heterocycles. The normalized spacial score (nSPS) is 16.8. The summed E-state index contributed by atoms with van der Waals surface area (Å²) in [5, 5.41) is 2.82. The monoisotopic (exact) mass is 455 g/mol. The Labute approximate surface area is 184 Å². The number of nitrogens with zero attached hydrogens (tertiary/aromatic N) is 2. The number of likely N-dealkylation sites (tertiary alicyclic amines) is 1. The zero-order valence-corrected chi connectivity index (χ0v) is 19.5. The van der Waals surface area contributed by atoms with E-state index in [4.69, 9.17) is 9.47 Å².